The van der Waals surface area contributed by atoms with E-state index in [1.165, 1.54) is 36.4 Å². The molecule has 4 rings (SSSR count). The normalized spacial score (nSPS) is 13.5. The highest BCUT2D eigenvalue weighted by Crippen LogP contribution is 2.24. The molecule has 0 unspecified atom stereocenters. The quantitative estimate of drug-likeness (QED) is 0.735. The van der Waals surface area contributed by atoms with Crippen molar-refractivity contribution in [2.24, 2.45) is 0 Å². The van der Waals surface area contributed by atoms with E-state index in [0.717, 1.165) is 0 Å². The third-order valence-electron chi connectivity index (χ3n) is 3.73. The van der Waals surface area contributed by atoms with Gasteiger partial charge in [-0.05, 0) is 36.4 Å². The van der Waals surface area contributed by atoms with Gasteiger partial charge in [0.1, 0.15) is 11.5 Å². The maximum atomic E-state index is 13.2. The van der Waals surface area contributed by atoms with Crippen LogP contribution < -0.4 is 0 Å². The fourth-order valence-electron chi connectivity index (χ4n) is 2.60. The number of hydroxylamine groups is 2. The fourth-order valence-corrected chi connectivity index (χ4v) is 2.60. The second-order valence-electron chi connectivity index (χ2n) is 5.24. The third kappa shape index (κ3) is 2.06. The summed E-state index contributed by atoms with van der Waals surface area (Å²) in [6.45, 7) is 0. The van der Waals surface area contributed by atoms with Crippen LogP contribution in [0.3, 0.4) is 0 Å². The number of nitrogens with zero attached hydrogens (tertiary/aromatic N) is 1. The molecule has 1 aliphatic heterocycles. The Labute approximate surface area is 134 Å². The van der Waals surface area contributed by atoms with Crippen LogP contribution in [0.5, 0.6) is 0 Å². The molecule has 1 aliphatic rings. The first kappa shape index (κ1) is 14.1. The van der Waals surface area contributed by atoms with E-state index in [1.807, 2.05) is 0 Å². The van der Waals surface area contributed by atoms with Gasteiger partial charge in [-0.1, -0.05) is 17.2 Å². The Morgan fingerprint density at radius 1 is 1.00 bits per heavy atom. The van der Waals surface area contributed by atoms with Gasteiger partial charge in [0.25, 0.3) is 11.8 Å². The lowest BCUT2D eigenvalue weighted by atomic mass is 10.1. The molecule has 0 saturated carbocycles. The average Bonchev–Trinajstić information content (AvgIpc) is 3.10. The molecule has 0 atom stereocenters. The molecule has 7 heteroatoms. The summed E-state index contributed by atoms with van der Waals surface area (Å²) in [5.74, 6) is -2.76. The summed E-state index contributed by atoms with van der Waals surface area (Å²) in [5, 5.41) is 0.906. The number of benzene rings is 2. The van der Waals surface area contributed by atoms with Crippen molar-refractivity contribution in [1.82, 2.24) is 10.0 Å². The summed E-state index contributed by atoms with van der Waals surface area (Å²) in [5.41, 5.74) is 0.890. The van der Waals surface area contributed by atoms with Crippen LogP contribution in [-0.4, -0.2) is 27.8 Å². The van der Waals surface area contributed by atoms with E-state index in [-0.39, 0.29) is 16.8 Å². The van der Waals surface area contributed by atoms with Crippen molar-refractivity contribution in [1.29, 1.82) is 0 Å². The largest absolute Gasteiger partial charge is 0.380 e. The van der Waals surface area contributed by atoms with E-state index >= 15 is 0 Å². The topological polar surface area (TPSA) is 79.5 Å². The van der Waals surface area contributed by atoms with Gasteiger partial charge in [0.2, 0.25) is 0 Å². The molecule has 2 amide bonds. The predicted octanol–water partition coefficient (Wildman–Crippen LogP) is 2.68. The van der Waals surface area contributed by atoms with Gasteiger partial charge in [-0.3, -0.25) is 9.59 Å². The minimum Gasteiger partial charge on any atom is -0.349 e. The van der Waals surface area contributed by atoms with Crippen LogP contribution in [0.4, 0.5) is 4.39 Å². The highest BCUT2D eigenvalue weighted by molar-refractivity contribution is 6.21. The van der Waals surface area contributed by atoms with Crippen molar-refractivity contribution in [3.8, 4) is 0 Å². The number of carbonyl (C=O) groups is 3. The number of aromatic nitrogens is 1. The maximum absolute atomic E-state index is 13.2. The van der Waals surface area contributed by atoms with Crippen LogP contribution in [0.2, 0.25) is 0 Å². The second-order valence-corrected chi connectivity index (χ2v) is 5.24. The van der Waals surface area contributed by atoms with Gasteiger partial charge in [-0.15, -0.1) is 0 Å². The molecular weight excluding hydrogens is 315 g/mol. The number of H-pyrrole nitrogens is 1. The zero-order valence-corrected chi connectivity index (χ0v) is 12.1. The lowest BCUT2D eigenvalue weighted by Crippen LogP contribution is -2.32. The van der Waals surface area contributed by atoms with E-state index in [2.05, 4.69) is 4.98 Å². The van der Waals surface area contributed by atoms with Crippen LogP contribution in [-0.2, 0) is 4.84 Å². The first-order valence-corrected chi connectivity index (χ1v) is 7.03. The molecule has 2 aromatic carbocycles. The molecule has 3 aromatic rings. The van der Waals surface area contributed by atoms with Crippen molar-refractivity contribution < 1.29 is 23.6 Å². The Kier molecular flexibility index (Phi) is 2.96. The minimum absolute atomic E-state index is 0.00663. The van der Waals surface area contributed by atoms with E-state index in [4.69, 9.17) is 4.84 Å². The zero-order chi connectivity index (χ0) is 16.8. The molecule has 1 N–H and O–H groups in total. The Bertz CT molecular complexity index is 989. The van der Waals surface area contributed by atoms with Gasteiger partial charge in [-0.25, -0.2) is 9.18 Å². The van der Waals surface area contributed by atoms with Crippen molar-refractivity contribution >= 4 is 28.7 Å². The summed E-state index contributed by atoms with van der Waals surface area (Å²) >= 11 is 0. The number of nitrogens with one attached hydrogen (secondary N) is 1. The van der Waals surface area contributed by atoms with E-state index < -0.39 is 23.6 Å². The number of fused-ring (bicyclic) bond motifs is 2. The molecule has 0 radical (unpaired) electrons. The predicted molar refractivity (Wildman–Crippen MR) is 80.6 cm³/mol. The van der Waals surface area contributed by atoms with Crippen LogP contribution in [0.15, 0.2) is 48.5 Å². The Balaban J connectivity index is 1.62. The molecule has 0 spiro atoms. The van der Waals surface area contributed by atoms with Gasteiger partial charge in [-0.2, -0.15) is 0 Å². The highest BCUT2D eigenvalue weighted by atomic mass is 19.1. The Morgan fingerprint density at radius 3 is 2.33 bits per heavy atom. The van der Waals surface area contributed by atoms with E-state index in [9.17, 15) is 18.8 Å². The third-order valence-corrected chi connectivity index (χ3v) is 3.73. The van der Waals surface area contributed by atoms with Gasteiger partial charge < -0.3 is 9.82 Å². The van der Waals surface area contributed by atoms with Gasteiger partial charge in [0, 0.05) is 10.9 Å². The molecule has 2 heterocycles. The second kappa shape index (κ2) is 5.02. The lowest BCUT2D eigenvalue weighted by molar-refractivity contribution is -0.0587. The fraction of sp³-hybridized carbons (Fsp3) is 0. The van der Waals surface area contributed by atoms with Gasteiger partial charge in [0.15, 0.2) is 0 Å². The summed E-state index contributed by atoms with van der Waals surface area (Å²) in [4.78, 5) is 44.2. The Morgan fingerprint density at radius 2 is 1.67 bits per heavy atom. The lowest BCUT2D eigenvalue weighted by Gasteiger charge is -2.11. The van der Waals surface area contributed by atoms with Crippen molar-refractivity contribution in [3.05, 3.63) is 71.2 Å². The number of amides is 2. The smallest absolute Gasteiger partial charge is 0.349 e. The van der Waals surface area contributed by atoms with Gasteiger partial charge >= 0.3 is 5.97 Å². The Hall–Kier alpha value is -3.48. The maximum Gasteiger partial charge on any atom is 0.380 e. The molecule has 0 fully saturated rings. The number of hydrogen-bond donors (Lipinski definition) is 1. The first-order valence-electron chi connectivity index (χ1n) is 7.03. The van der Waals surface area contributed by atoms with Crippen LogP contribution in [0, 0.1) is 5.82 Å². The average molecular weight is 324 g/mol. The number of aromatic amines is 1. The van der Waals surface area contributed by atoms with Crippen molar-refractivity contribution in [2.75, 3.05) is 0 Å². The summed E-state index contributed by atoms with van der Waals surface area (Å²) in [6.07, 6.45) is 0. The number of rotatable bonds is 2. The number of halogens is 1. The van der Waals surface area contributed by atoms with E-state index in [0.29, 0.717) is 16.0 Å². The van der Waals surface area contributed by atoms with Crippen LogP contribution in [0.1, 0.15) is 31.2 Å². The molecule has 0 saturated heterocycles. The zero-order valence-electron chi connectivity index (χ0n) is 12.1. The first-order chi connectivity index (χ1) is 11.5. The molecule has 0 bridgehead atoms. The molecule has 0 aliphatic carbocycles. The monoisotopic (exact) mass is 324 g/mol. The van der Waals surface area contributed by atoms with Gasteiger partial charge in [0.05, 0.1) is 11.1 Å². The van der Waals surface area contributed by atoms with E-state index in [1.54, 1.807) is 12.1 Å². The number of imide groups is 1. The molecule has 118 valence electrons. The molecular formula is C17H9FN2O4. The van der Waals surface area contributed by atoms with Crippen molar-refractivity contribution in [2.45, 2.75) is 0 Å². The number of hydrogen-bond acceptors (Lipinski definition) is 4. The SMILES string of the molecule is O=C(ON1C(=O)c2ccccc2C1=O)c1cc2cc(F)ccc2[nH]1. The summed E-state index contributed by atoms with van der Waals surface area (Å²) in [7, 11) is 0. The molecule has 24 heavy (non-hydrogen) atoms. The van der Waals surface area contributed by atoms with Crippen LogP contribution >= 0.6 is 0 Å². The molecule has 1 aromatic heterocycles. The summed E-state index contributed by atoms with van der Waals surface area (Å²) in [6, 6.07) is 11.6. The standard InChI is InChI=1S/C17H9FN2O4/c18-10-5-6-13-9(7-10)8-14(19-13)17(23)24-20-15(21)11-3-1-2-4-12(11)16(20)22/h1-8,19H. The molecule has 6 nitrogen and oxygen atoms in total. The minimum atomic E-state index is -0.916. The summed E-state index contributed by atoms with van der Waals surface area (Å²) < 4.78 is 13.2. The highest BCUT2D eigenvalue weighted by Gasteiger charge is 2.38. The van der Waals surface area contributed by atoms with Crippen molar-refractivity contribution in [3.63, 3.8) is 0 Å². The number of carbonyl (C=O) groups excluding carboxylic acids is 3. The van der Waals surface area contributed by atoms with Crippen LogP contribution in [0.25, 0.3) is 10.9 Å².